The molecule has 1 unspecified atom stereocenters. The molecule has 3 fully saturated rings. The van der Waals surface area contributed by atoms with Crippen molar-refractivity contribution in [3.8, 4) is 5.75 Å². The molecule has 0 bridgehead atoms. The van der Waals surface area contributed by atoms with Crippen molar-refractivity contribution in [1.29, 1.82) is 0 Å². The fourth-order valence-corrected chi connectivity index (χ4v) is 4.21. The van der Waals surface area contributed by atoms with Gasteiger partial charge >= 0.3 is 0 Å². The summed E-state index contributed by atoms with van der Waals surface area (Å²) in [5.74, 6) is 1.11. The number of piperazine rings is 1. The molecule has 3 aliphatic heterocycles. The Kier molecular flexibility index (Phi) is 7.38. The second kappa shape index (κ2) is 10.4. The number of rotatable bonds is 7. The fourth-order valence-electron chi connectivity index (χ4n) is 4.21. The average molecular weight is 404 g/mol. The largest absolute Gasteiger partial charge is 0.492 e. The minimum Gasteiger partial charge on any atom is -0.492 e. The van der Waals surface area contributed by atoms with Gasteiger partial charge in [-0.15, -0.1) is 0 Å². The van der Waals surface area contributed by atoms with Gasteiger partial charge in [-0.2, -0.15) is 0 Å². The molecule has 0 N–H and O–H groups in total. The molecular formula is C22H33N3O4. The summed E-state index contributed by atoms with van der Waals surface area (Å²) in [4.78, 5) is 19.2. The summed E-state index contributed by atoms with van der Waals surface area (Å²) in [5.41, 5.74) is 1.28. The number of carbonyl (C=O) groups excluding carboxylic acids is 1. The van der Waals surface area contributed by atoms with Gasteiger partial charge in [0.1, 0.15) is 18.5 Å². The number of ether oxygens (including phenoxy) is 3. The van der Waals surface area contributed by atoms with Gasteiger partial charge in [-0.25, -0.2) is 0 Å². The van der Waals surface area contributed by atoms with Crippen LogP contribution in [0.15, 0.2) is 24.3 Å². The zero-order chi connectivity index (χ0) is 19.9. The van der Waals surface area contributed by atoms with E-state index in [1.165, 1.54) is 5.56 Å². The molecular weight excluding hydrogens is 370 g/mol. The topological polar surface area (TPSA) is 54.5 Å². The van der Waals surface area contributed by atoms with Gasteiger partial charge in [-0.3, -0.25) is 14.6 Å². The maximum absolute atomic E-state index is 12.4. The highest BCUT2D eigenvalue weighted by atomic mass is 16.5. The Bertz CT molecular complexity index is 651. The number of hydrogen-bond donors (Lipinski definition) is 0. The lowest BCUT2D eigenvalue weighted by Gasteiger charge is -2.35. The van der Waals surface area contributed by atoms with E-state index in [4.69, 9.17) is 14.2 Å². The van der Waals surface area contributed by atoms with Crippen LogP contribution >= 0.6 is 0 Å². The highest BCUT2D eigenvalue weighted by molar-refractivity contribution is 5.81. The molecule has 3 aliphatic rings. The number of carbonyl (C=O) groups is 1. The van der Waals surface area contributed by atoms with Gasteiger partial charge in [0.15, 0.2) is 0 Å². The maximum Gasteiger partial charge on any atom is 0.251 e. The lowest BCUT2D eigenvalue weighted by atomic mass is 10.2. The van der Waals surface area contributed by atoms with Gasteiger partial charge in [0, 0.05) is 59.0 Å². The van der Waals surface area contributed by atoms with E-state index in [1.54, 1.807) is 0 Å². The van der Waals surface area contributed by atoms with Crippen LogP contribution in [0.25, 0.3) is 0 Å². The maximum atomic E-state index is 12.4. The van der Waals surface area contributed by atoms with Crippen LogP contribution in [0.2, 0.25) is 0 Å². The molecule has 7 heteroatoms. The van der Waals surface area contributed by atoms with Crippen LogP contribution in [0.1, 0.15) is 18.4 Å². The monoisotopic (exact) mass is 403 g/mol. The van der Waals surface area contributed by atoms with Crippen molar-refractivity contribution in [1.82, 2.24) is 14.7 Å². The summed E-state index contributed by atoms with van der Waals surface area (Å²) >= 11 is 0. The standard InChI is InChI=1S/C22H33N3O4/c26-22(21-5-2-13-29-21)25-8-6-23(7-9-25)12-16-28-20-4-1-3-19(17-20)18-24-10-14-27-15-11-24/h1,3-4,17,21H,2,5-16,18H2. The van der Waals surface area contributed by atoms with Gasteiger partial charge in [-0.05, 0) is 30.5 Å². The molecule has 29 heavy (non-hydrogen) atoms. The number of hydrogen-bond acceptors (Lipinski definition) is 6. The van der Waals surface area contributed by atoms with Gasteiger partial charge in [0.05, 0.1) is 13.2 Å². The number of nitrogens with zero attached hydrogens (tertiary/aromatic N) is 3. The lowest BCUT2D eigenvalue weighted by molar-refractivity contribution is -0.142. The summed E-state index contributed by atoms with van der Waals surface area (Å²) in [7, 11) is 0. The van der Waals surface area contributed by atoms with E-state index in [0.29, 0.717) is 6.61 Å². The Morgan fingerprint density at radius 2 is 1.86 bits per heavy atom. The van der Waals surface area contributed by atoms with Crippen LogP contribution in [0.4, 0.5) is 0 Å². The molecule has 3 heterocycles. The minimum atomic E-state index is -0.199. The second-order valence-electron chi connectivity index (χ2n) is 8.05. The Labute approximate surface area is 173 Å². The van der Waals surface area contributed by atoms with E-state index < -0.39 is 0 Å². The summed E-state index contributed by atoms with van der Waals surface area (Å²) < 4.78 is 17.0. The van der Waals surface area contributed by atoms with Crippen LogP contribution < -0.4 is 4.74 Å². The molecule has 1 aromatic rings. The van der Waals surface area contributed by atoms with Crippen molar-refractivity contribution in [3.05, 3.63) is 29.8 Å². The third kappa shape index (κ3) is 5.92. The Morgan fingerprint density at radius 1 is 1.03 bits per heavy atom. The summed E-state index contributed by atoms with van der Waals surface area (Å²) in [6.45, 7) is 10.2. The first-order chi connectivity index (χ1) is 14.3. The SMILES string of the molecule is O=C(C1CCCO1)N1CCN(CCOc2cccc(CN3CCOCC3)c2)CC1. The molecule has 0 aliphatic carbocycles. The highest BCUT2D eigenvalue weighted by Gasteiger charge is 2.30. The van der Waals surface area contributed by atoms with Crippen molar-refractivity contribution < 1.29 is 19.0 Å². The van der Waals surface area contributed by atoms with Crippen LogP contribution in [0.3, 0.4) is 0 Å². The second-order valence-corrected chi connectivity index (χ2v) is 8.05. The third-order valence-corrected chi connectivity index (χ3v) is 5.97. The number of benzene rings is 1. The number of morpholine rings is 1. The summed E-state index contributed by atoms with van der Waals surface area (Å²) in [5, 5.41) is 0. The Morgan fingerprint density at radius 3 is 2.62 bits per heavy atom. The summed E-state index contributed by atoms with van der Waals surface area (Å²) in [6.07, 6.45) is 1.67. The van der Waals surface area contributed by atoms with Crippen molar-refractivity contribution in [2.24, 2.45) is 0 Å². The van der Waals surface area contributed by atoms with Gasteiger partial charge in [0.2, 0.25) is 0 Å². The molecule has 0 spiro atoms. The van der Waals surface area contributed by atoms with Gasteiger partial charge in [-0.1, -0.05) is 12.1 Å². The molecule has 0 aromatic heterocycles. The van der Waals surface area contributed by atoms with Gasteiger partial charge in [0.25, 0.3) is 5.91 Å². The molecule has 1 aromatic carbocycles. The first-order valence-electron chi connectivity index (χ1n) is 10.9. The van der Waals surface area contributed by atoms with Crippen LogP contribution in [-0.4, -0.2) is 99.0 Å². The van der Waals surface area contributed by atoms with E-state index in [0.717, 1.165) is 90.8 Å². The quantitative estimate of drug-likeness (QED) is 0.683. The van der Waals surface area contributed by atoms with Crippen molar-refractivity contribution in [2.75, 3.05) is 72.2 Å². The lowest BCUT2D eigenvalue weighted by Crippen LogP contribution is -2.52. The first-order valence-corrected chi connectivity index (χ1v) is 10.9. The smallest absolute Gasteiger partial charge is 0.251 e. The number of amides is 1. The van der Waals surface area contributed by atoms with Gasteiger partial charge < -0.3 is 19.1 Å². The normalized spacial score (nSPS) is 24.0. The van der Waals surface area contributed by atoms with Crippen LogP contribution in [0.5, 0.6) is 5.75 Å². The van der Waals surface area contributed by atoms with E-state index in [-0.39, 0.29) is 12.0 Å². The Hall–Kier alpha value is -1.67. The predicted octanol–water partition coefficient (Wildman–Crippen LogP) is 1.22. The minimum absolute atomic E-state index is 0.176. The van der Waals surface area contributed by atoms with Crippen LogP contribution in [0, 0.1) is 0 Å². The third-order valence-electron chi connectivity index (χ3n) is 5.97. The average Bonchev–Trinajstić information content (AvgIpc) is 3.30. The van der Waals surface area contributed by atoms with Crippen LogP contribution in [-0.2, 0) is 20.8 Å². The van der Waals surface area contributed by atoms with Crippen molar-refractivity contribution in [2.45, 2.75) is 25.5 Å². The zero-order valence-electron chi connectivity index (χ0n) is 17.3. The summed E-state index contributed by atoms with van der Waals surface area (Å²) in [6, 6.07) is 8.40. The fraction of sp³-hybridized carbons (Fsp3) is 0.682. The van der Waals surface area contributed by atoms with E-state index >= 15 is 0 Å². The van der Waals surface area contributed by atoms with Crippen molar-refractivity contribution >= 4 is 5.91 Å². The van der Waals surface area contributed by atoms with Crippen molar-refractivity contribution in [3.63, 3.8) is 0 Å². The zero-order valence-corrected chi connectivity index (χ0v) is 17.3. The molecule has 1 amide bonds. The predicted molar refractivity (Wildman–Crippen MR) is 110 cm³/mol. The molecule has 160 valence electrons. The molecule has 3 saturated heterocycles. The first kappa shape index (κ1) is 20.6. The van der Waals surface area contributed by atoms with E-state index in [9.17, 15) is 4.79 Å². The molecule has 7 nitrogen and oxygen atoms in total. The molecule has 4 rings (SSSR count). The van der Waals surface area contributed by atoms with E-state index in [2.05, 4.69) is 28.0 Å². The molecule has 0 saturated carbocycles. The molecule has 1 atom stereocenters. The molecule has 0 radical (unpaired) electrons. The highest BCUT2D eigenvalue weighted by Crippen LogP contribution is 2.17. The van der Waals surface area contributed by atoms with E-state index in [1.807, 2.05) is 11.0 Å². The Balaban J connectivity index is 1.16.